The fourth-order valence-electron chi connectivity index (χ4n) is 4.41. The molecule has 1 atom stereocenters. The van der Waals surface area contributed by atoms with Gasteiger partial charge in [0.1, 0.15) is 11.5 Å². The van der Waals surface area contributed by atoms with Crippen molar-refractivity contribution in [1.82, 2.24) is 0 Å². The van der Waals surface area contributed by atoms with Gasteiger partial charge in [0.2, 0.25) is 5.91 Å². The van der Waals surface area contributed by atoms with E-state index in [9.17, 15) is 14.4 Å². The van der Waals surface area contributed by atoms with Crippen LogP contribution in [-0.2, 0) is 19.1 Å². The maximum absolute atomic E-state index is 12.7. The van der Waals surface area contributed by atoms with Crippen molar-refractivity contribution in [2.45, 2.75) is 47.0 Å². The van der Waals surface area contributed by atoms with Gasteiger partial charge < -0.3 is 19.7 Å². The number of anilines is 2. The molecule has 3 aromatic carbocycles. The first-order valence-corrected chi connectivity index (χ1v) is 12.8. The van der Waals surface area contributed by atoms with E-state index in [0.717, 1.165) is 28.0 Å². The Kier molecular flexibility index (Phi) is 8.15. The summed E-state index contributed by atoms with van der Waals surface area (Å²) < 4.78 is 11.4. The monoisotopic (exact) mass is 514 g/mol. The van der Waals surface area contributed by atoms with E-state index in [0.29, 0.717) is 23.0 Å². The lowest BCUT2D eigenvalue weighted by Gasteiger charge is -2.18. The molecule has 7 heteroatoms. The van der Waals surface area contributed by atoms with Crippen LogP contribution in [-0.4, -0.2) is 30.9 Å². The summed E-state index contributed by atoms with van der Waals surface area (Å²) in [5.74, 6) is 0.0219. The van der Waals surface area contributed by atoms with Crippen molar-refractivity contribution in [3.8, 4) is 11.5 Å². The molecule has 1 N–H and O–H groups in total. The quantitative estimate of drug-likeness (QED) is 0.369. The first-order valence-electron chi connectivity index (χ1n) is 12.8. The summed E-state index contributed by atoms with van der Waals surface area (Å²) in [5.41, 5.74) is 5.74. The molecular formula is C31H34N2O5. The van der Waals surface area contributed by atoms with Crippen molar-refractivity contribution in [3.63, 3.8) is 0 Å². The highest BCUT2D eigenvalue weighted by atomic mass is 16.5. The predicted octanol–water partition coefficient (Wildman–Crippen LogP) is 6.06. The Labute approximate surface area is 223 Å². The summed E-state index contributed by atoms with van der Waals surface area (Å²) in [4.78, 5) is 39.1. The number of ether oxygens (including phenoxy) is 2. The molecule has 1 saturated heterocycles. The van der Waals surface area contributed by atoms with Crippen molar-refractivity contribution in [3.05, 3.63) is 82.9 Å². The van der Waals surface area contributed by atoms with Crippen molar-refractivity contribution in [2.75, 3.05) is 23.4 Å². The Bertz CT molecular complexity index is 1350. The van der Waals surface area contributed by atoms with Gasteiger partial charge in [0.25, 0.3) is 5.91 Å². The summed E-state index contributed by atoms with van der Waals surface area (Å²) in [6.07, 6.45) is 0.0386. The summed E-state index contributed by atoms with van der Waals surface area (Å²) in [5, 5.41) is 2.73. The zero-order valence-corrected chi connectivity index (χ0v) is 22.5. The molecule has 0 saturated carbocycles. The van der Waals surface area contributed by atoms with Crippen LogP contribution in [0, 0.1) is 26.7 Å². The molecule has 1 aliphatic rings. The maximum Gasteiger partial charge on any atom is 0.311 e. The van der Waals surface area contributed by atoms with E-state index in [1.807, 2.05) is 63.2 Å². The minimum Gasteiger partial charge on any atom is -0.457 e. The first kappa shape index (κ1) is 26.9. The van der Waals surface area contributed by atoms with Crippen LogP contribution >= 0.6 is 0 Å². The van der Waals surface area contributed by atoms with Gasteiger partial charge in [-0.25, -0.2) is 0 Å². The lowest BCUT2D eigenvalue weighted by Crippen LogP contribution is -2.28. The largest absolute Gasteiger partial charge is 0.457 e. The number of nitrogens with zero attached hydrogens (tertiary/aromatic N) is 1. The van der Waals surface area contributed by atoms with E-state index < -0.39 is 24.4 Å². The number of rotatable bonds is 8. The zero-order valence-electron chi connectivity index (χ0n) is 22.5. The zero-order chi connectivity index (χ0) is 27.4. The fraction of sp³-hybridized carbons (Fsp3) is 0.323. The number of esters is 1. The maximum atomic E-state index is 12.7. The van der Waals surface area contributed by atoms with Crippen molar-refractivity contribution < 1.29 is 23.9 Å². The van der Waals surface area contributed by atoms with Crippen LogP contribution in [0.4, 0.5) is 11.4 Å². The SMILES string of the molecule is Cc1ccc(C(C)C)c(Oc2ccc(N3C[C@@H](C(=O)OCC(=O)Nc4ccc(C)c(C)c4)CC3=O)cc2)c1. The molecule has 0 unspecified atom stereocenters. The molecule has 1 aliphatic heterocycles. The van der Waals surface area contributed by atoms with Crippen LogP contribution in [0.1, 0.15) is 48.4 Å². The molecule has 38 heavy (non-hydrogen) atoms. The highest BCUT2D eigenvalue weighted by Gasteiger charge is 2.36. The van der Waals surface area contributed by atoms with Crippen LogP contribution in [0.2, 0.25) is 0 Å². The Hall–Kier alpha value is -4.13. The standard InChI is InChI=1S/C31H34N2O5/c1-19(2)27-13-6-20(3)14-28(27)38-26-11-9-25(10-12-26)33-17-23(16-30(33)35)31(36)37-18-29(34)32-24-8-7-21(4)22(5)15-24/h6-15,19,23H,16-18H2,1-5H3,(H,32,34)/t23-/m0/s1. The summed E-state index contributed by atoms with van der Waals surface area (Å²) >= 11 is 0. The fourth-order valence-corrected chi connectivity index (χ4v) is 4.41. The van der Waals surface area contributed by atoms with Crippen molar-refractivity contribution in [1.29, 1.82) is 0 Å². The van der Waals surface area contributed by atoms with E-state index >= 15 is 0 Å². The van der Waals surface area contributed by atoms with Crippen LogP contribution in [0.15, 0.2) is 60.7 Å². The lowest BCUT2D eigenvalue weighted by molar-refractivity contribution is -0.151. The second-order valence-corrected chi connectivity index (χ2v) is 10.2. The molecule has 0 radical (unpaired) electrons. The van der Waals surface area contributed by atoms with Gasteiger partial charge in [-0.15, -0.1) is 0 Å². The highest BCUT2D eigenvalue weighted by molar-refractivity contribution is 6.00. The number of benzene rings is 3. The molecule has 0 aromatic heterocycles. The second-order valence-electron chi connectivity index (χ2n) is 10.2. The molecule has 198 valence electrons. The normalized spacial score (nSPS) is 15.1. The Balaban J connectivity index is 1.32. The van der Waals surface area contributed by atoms with Gasteiger partial charge in [0.05, 0.1) is 5.92 Å². The highest BCUT2D eigenvalue weighted by Crippen LogP contribution is 2.33. The van der Waals surface area contributed by atoms with Crippen molar-refractivity contribution >= 4 is 29.2 Å². The van der Waals surface area contributed by atoms with E-state index in [2.05, 4.69) is 31.3 Å². The molecule has 2 amide bonds. The van der Waals surface area contributed by atoms with Gasteiger partial charge in [0, 0.05) is 24.3 Å². The van der Waals surface area contributed by atoms with E-state index in [1.165, 1.54) is 0 Å². The molecule has 0 bridgehead atoms. The molecule has 3 aromatic rings. The van der Waals surface area contributed by atoms with E-state index in [-0.39, 0.29) is 18.9 Å². The molecule has 1 heterocycles. The third-order valence-corrected chi connectivity index (χ3v) is 6.76. The van der Waals surface area contributed by atoms with Crippen LogP contribution in [0.25, 0.3) is 0 Å². The van der Waals surface area contributed by atoms with Gasteiger partial charge in [-0.05, 0) is 91.4 Å². The molecule has 1 fully saturated rings. The Morgan fingerprint density at radius 1 is 0.974 bits per heavy atom. The van der Waals surface area contributed by atoms with Crippen LogP contribution in [0.3, 0.4) is 0 Å². The van der Waals surface area contributed by atoms with Gasteiger partial charge >= 0.3 is 5.97 Å². The third kappa shape index (κ3) is 6.40. The number of hydrogen-bond donors (Lipinski definition) is 1. The third-order valence-electron chi connectivity index (χ3n) is 6.76. The first-order chi connectivity index (χ1) is 18.1. The van der Waals surface area contributed by atoms with Gasteiger partial charge in [-0.2, -0.15) is 0 Å². The van der Waals surface area contributed by atoms with E-state index in [4.69, 9.17) is 9.47 Å². The number of carbonyl (C=O) groups excluding carboxylic acids is 3. The summed E-state index contributed by atoms with van der Waals surface area (Å²) in [7, 11) is 0. The average molecular weight is 515 g/mol. The number of nitrogens with one attached hydrogen (secondary N) is 1. The number of amides is 2. The minimum atomic E-state index is -0.631. The van der Waals surface area contributed by atoms with Gasteiger partial charge in [-0.3, -0.25) is 14.4 Å². The molecule has 4 rings (SSSR count). The smallest absolute Gasteiger partial charge is 0.311 e. The minimum absolute atomic E-state index is 0.0386. The Morgan fingerprint density at radius 3 is 2.39 bits per heavy atom. The average Bonchev–Trinajstić information content (AvgIpc) is 3.27. The van der Waals surface area contributed by atoms with Gasteiger partial charge in [0.15, 0.2) is 6.61 Å². The molecule has 7 nitrogen and oxygen atoms in total. The molecule has 0 aliphatic carbocycles. The van der Waals surface area contributed by atoms with Crippen LogP contribution in [0.5, 0.6) is 11.5 Å². The number of hydrogen-bond acceptors (Lipinski definition) is 5. The molecule has 0 spiro atoms. The number of carbonyl (C=O) groups is 3. The van der Waals surface area contributed by atoms with Crippen molar-refractivity contribution in [2.24, 2.45) is 5.92 Å². The topological polar surface area (TPSA) is 84.9 Å². The van der Waals surface area contributed by atoms with Gasteiger partial charge in [-0.1, -0.05) is 32.0 Å². The Morgan fingerprint density at radius 2 is 1.71 bits per heavy atom. The lowest BCUT2D eigenvalue weighted by atomic mass is 10.0. The van der Waals surface area contributed by atoms with E-state index in [1.54, 1.807) is 11.0 Å². The number of aryl methyl sites for hydroxylation is 3. The molecular weight excluding hydrogens is 480 g/mol. The predicted molar refractivity (Wildman–Crippen MR) is 148 cm³/mol. The summed E-state index contributed by atoms with van der Waals surface area (Å²) in [6, 6.07) is 19.0. The second kappa shape index (κ2) is 11.5. The summed E-state index contributed by atoms with van der Waals surface area (Å²) in [6.45, 7) is 10.0. The van der Waals surface area contributed by atoms with Crippen LogP contribution < -0.4 is 15.0 Å².